The first-order chi connectivity index (χ1) is 15.1. The van der Waals surface area contributed by atoms with Gasteiger partial charge in [0.25, 0.3) is 0 Å². The molecular weight excluding hydrogens is 404 g/mol. The average Bonchev–Trinajstić information content (AvgIpc) is 3.10. The van der Waals surface area contributed by atoms with Crippen molar-refractivity contribution in [3.05, 3.63) is 81.0 Å². The SMILES string of the molecule is CCOc1ccc(NC(=O)CN2CCc3c(sc(C)c3CC)[C@H]2c2ccccc2)cc1. The lowest BCUT2D eigenvalue weighted by molar-refractivity contribution is -0.117. The molecule has 0 bridgehead atoms. The molecule has 0 aliphatic carbocycles. The minimum atomic E-state index is 0.0116. The molecule has 162 valence electrons. The Morgan fingerprint density at radius 1 is 1.13 bits per heavy atom. The molecule has 0 fully saturated rings. The Kier molecular flexibility index (Phi) is 6.73. The number of rotatable bonds is 7. The van der Waals surface area contributed by atoms with E-state index in [4.69, 9.17) is 4.74 Å². The second kappa shape index (κ2) is 9.67. The van der Waals surface area contributed by atoms with Crippen LogP contribution in [0.25, 0.3) is 0 Å². The molecule has 0 saturated carbocycles. The van der Waals surface area contributed by atoms with Gasteiger partial charge in [0.1, 0.15) is 5.75 Å². The van der Waals surface area contributed by atoms with Gasteiger partial charge in [0.15, 0.2) is 0 Å². The van der Waals surface area contributed by atoms with Gasteiger partial charge in [-0.2, -0.15) is 0 Å². The minimum Gasteiger partial charge on any atom is -0.494 e. The standard InChI is InChI=1S/C26H30N2O2S/c1-4-22-18(3)31-26-23(22)15-16-28(25(26)19-9-7-6-8-10-19)17-24(29)27-20-11-13-21(14-12-20)30-5-2/h6-14,25H,4-5,15-17H2,1-3H3,(H,27,29)/t25-/m1/s1. The second-order valence-electron chi connectivity index (χ2n) is 7.87. The Morgan fingerprint density at radius 2 is 1.87 bits per heavy atom. The van der Waals surface area contributed by atoms with E-state index in [0.717, 1.165) is 30.8 Å². The first kappa shape index (κ1) is 21.6. The predicted molar refractivity (Wildman–Crippen MR) is 128 cm³/mol. The molecule has 1 amide bonds. The van der Waals surface area contributed by atoms with Crippen molar-refractivity contribution in [1.82, 2.24) is 4.90 Å². The van der Waals surface area contributed by atoms with Crippen molar-refractivity contribution < 1.29 is 9.53 Å². The summed E-state index contributed by atoms with van der Waals surface area (Å²) >= 11 is 1.90. The molecule has 31 heavy (non-hydrogen) atoms. The van der Waals surface area contributed by atoms with E-state index in [1.807, 2.05) is 48.6 Å². The van der Waals surface area contributed by atoms with Gasteiger partial charge < -0.3 is 10.1 Å². The van der Waals surface area contributed by atoms with Crippen molar-refractivity contribution in [1.29, 1.82) is 0 Å². The topological polar surface area (TPSA) is 41.6 Å². The second-order valence-corrected chi connectivity index (χ2v) is 9.13. The summed E-state index contributed by atoms with van der Waals surface area (Å²) in [5.74, 6) is 0.825. The summed E-state index contributed by atoms with van der Waals surface area (Å²) in [5.41, 5.74) is 5.05. The van der Waals surface area contributed by atoms with Gasteiger partial charge in [-0.3, -0.25) is 9.69 Å². The number of hydrogen-bond donors (Lipinski definition) is 1. The Morgan fingerprint density at radius 3 is 2.55 bits per heavy atom. The minimum absolute atomic E-state index is 0.0116. The van der Waals surface area contributed by atoms with Crippen LogP contribution in [0, 0.1) is 6.92 Å². The third-order valence-corrected chi connectivity index (χ3v) is 7.12. The number of fused-ring (bicyclic) bond motifs is 1. The quantitative estimate of drug-likeness (QED) is 0.526. The molecule has 1 atom stereocenters. The summed E-state index contributed by atoms with van der Waals surface area (Å²) in [5, 5.41) is 3.05. The third kappa shape index (κ3) is 4.68. The molecule has 1 aliphatic heterocycles. The van der Waals surface area contributed by atoms with Crippen LogP contribution in [0.15, 0.2) is 54.6 Å². The highest BCUT2D eigenvalue weighted by molar-refractivity contribution is 7.12. The van der Waals surface area contributed by atoms with E-state index in [1.165, 1.54) is 26.4 Å². The maximum atomic E-state index is 12.9. The van der Waals surface area contributed by atoms with Gasteiger partial charge in [0.05, 0.1) is 19.2 Å². The van der Waals surface area contributed by atoms with Crippen LogP contribution in [0.5, 0.6) is 5.75 Å². The van der Waals surface area contributed by atoms with Crippen molar-refractivity contribution in [2.45, 2.75) is 39.7 Å². The number of anilines is 1. The van der Waals surface area contributed by atoms with Crippen LogP contribution in [0.3, 0.4) is 0 Å². The lowest BCUT2D eigenvalue weighted by Gasteiger charge is -2.36. The van der Waals surface area contributed by atoms with E-state index in [1.54, 1.807) is 0 Å². The van der Waals surface area contributed by atoms with E-state index >= 15 is 0 Å². The summed E-state index contributed by atoms with van der Waals surface area (Å²) in [7, 11) is 0. The highest BCUT2D eigenvalue weighted by Gasteiger charge is 2.33. The van der Waals surface area contributed by atoms with Crippen LogP contribution in [-0.2, 0) is 17.6 Å². The smallest absolute Gasteiger partial charge is 0.238 e. The fourth-order valence-electron chi connectivity index (χ4n) is 4.51. The summed E-state index contributed by atoms with van der Waals surface area (Å²) in [6.45, 7) is 8.31. The zero-order valence-electron chi connectivity index (χ0n) is 18.5. The number of ether oxygens (including phenoxy) is 1. The number of nitrogens with zero attached hydrogens (tertiary/aromatic N) is 1. The lowest BCUT2D eigenvalue weighted by atomic mass is 9.91. The molecule has 0 unspecified atom stereocenters. The largest absolute Gasteiger partial charge is 0.494 e. The Labute approximate surface area is 188 Å². The normalized spacial score (nSPS) is 16.0. The van der Waals surface area contributed by atoms with E-state index in [2.05, 4.69) is 48.3 Å². The van der Waals surface area contributed by atoms with Gasteiger partial charge in [0.2, 0.25) is 5.91 Å². The number of benzene rings is 2. The summed E-state index contributed by atoms with van der Waals surface area (Å²) in [6.07, 6.45) is 2.07. The molecule has 1 N–H and O–H groups in total. The van der Waals surface area contributed by atoms with Crippen molar-refractivity contribution in [2.75, 3.05) is 25.0 Å². The molecule has 1 aromatic heterocycles. The van der Waals surface area contributed by atoms with Crippen molar-refractivity contribution in [3.8, 4) is 5.75 Å². The Hall–Kier alpha value is -2.63. The maximum absolute atomic E-state index is 12.9. The van der Waals surface area contributed by atoms with Gasteiger partial charge in [-0.15, -0.1) is 11.3 Å². The first-order valence-electron chi connectivity index (χ1n) is 11.0. The maximum Gasteiger partial charge on any atom is 0.238 e. The molecule has 4 rings (SSSR count). The first-order valence-corrected chi connectivity index (χ1v) is 11.8. The summed E-state index contributed by atoms with van der Waals surface area (Å²) in [6, 6.07) is 18.3. The van der Waals surface area contributed by atoms with Gasteiger partial charge in [-0.1, -0.05) is 37.3 Å². The summed E-state index contributed by atoms with van der Waals surface area (Å²) < 4.78 is 5.48. The lowest BCUT2D eigenvalue weighted by Crippen LogP contribution is -2.40. The number of carbonyl (C=O) groups excluding carboxylic acids is 1. The molecule has 2 aromatic carbocycles. The fourth-order valence-corrected chi connectivity index (χ4v) is 5.98. The highest BCUT2D eigenvalue weighted by atomic mass is 32.1. The molecule has 0 saturated heterocycles. The molecule has 1 aliphatic rings. The molecule has 0 spiro atoms. The molecule has 2 heterocycles. The van der Waals surface area contributed by atoms with Gasteiger partial charge in [-0.25, -0.2) is 0 Å². The molecule has 0 radical (unpaired) electrons. The van der Waals surface area contributed by atoms with E-state index in [9.17, 15) is 4.79 Å². The van der Waals surface area contributed by atoms with Crippen molar-refractivity contribution >= 4 is 22.9 Å². The predicted octanol–water partition coefficient (Wildman–Crippen LogP) is 5.60. The number of aryl methyl sites for hydroxylation is 1. The zero-order chi connectivity index (χ0) is 21.8. The number of nitrogens with one attached hydrogen (secondary N) is 1. The Bertz CT molecular complexity index is 1030. The molecule has 5 heteroatoms. The van der Waals surface area contributed by atoms with Crippen LogP contribution < -0.4 is 10.1 Å². The highest BCUT2D eigenvalue weighted by Crippen LogP contribution is 2.42. The van der Waals surface area contributed by atoms with Crippen LogP contribution >= 0.6 is 11.3 Å². The third-order valence-electron chi connectivity index (χ3n) is 5.88. The number of amides is 1. The number of hydrogen-bond acceptors (Lipinski definition) is 4. The fraction of sp³-hybridized carbons (Fsp3) is 0.346. The van der Waals surface area contributed by atoms with Crippen LogP contribution in [0.1, 0.15) is 46.3 Å². The molecular formula is C26H30N2O2S. The van der Waals surface area contributed by atoms with E-state index in [0.29, 0.717) is 13.2 Å². The number of thiophene rings is 1. The molecule has 4 nitrogen and oxygen atoms in total. The monoisotopic (exact) mass is 434 g/mol. The Balaban J connectivity index is 1.55. The van der Waals surface area contributed by atoms with Crippen LogP contribution in [0.4, 0.5) is 5.69 Å². The van der Waals surface area contributed by atoms with Gasteiger partial charge in [0, 0.05) is 22.0 Å². The van der Waals surface area contributed by atoms with Crippen LogP contribution in [0.2, 0.25) is 0 Å². The zero-order valence-corrected chi connectivity index (χ0v) is 19.3. The summed E-state index contributed by atoms with van der Waals surface area (Å²) in [4.78, 5) is 18.1. The van der Waals surface area contributed by atoms with Crippen molar-refractivity contribution in [2.24, 2.45) is 0 Å². The average molecular weight is 435 g/mol. The van der Waals surface area contributed by atoms with E-state index in [-0.39, 0.29) is 11.9 Å². The van der Waals surface area contributed by atoms with Gasteiger partial charge >= 0.3 is 0 Å². The number of carbonyl (C=O) groups is 1. The van der Waals surface area contributed by atoms with Gasteiger partial charge in [-0.05, 0) is 67.6 Å². The molecule has 3 aromatic rings. The van der Waals surface area contributed by atoms with E-state index < -0.39 is 0 Å². The van der Waals surface area contributed by atoms with Crippen molar-refractivity contribution in [3.63, 3.8) is 0 Å². The van der Waals surface area contributed by atoms with Crippen LogP contribution in [-0.4, -0.2) is 30.5 Å².